The second kappa shape index (κ2) is 15.0. The molecule has 2 spiro atoms. The van der Waals surface area contributed by atoms with Crippen LogP contribution in [0.25, 0.3) is 0 Å². The molecule has 8 rings (SSSR count). The summed E-state index contributed by atoms with van der Waals surface area (Å²) in [6.45, 7) is 5.69. The summed E-state index contributed by atoms with van der Waals surface area (Å²) in [4.78, 5) is 12.2. The minimum atomic E-state index is -0.709. The Balaban J connectivity index is 1.10. The topological polar surface area (TPSA) is 66.9 Å². The minimum Gasteiger partial charge on any atom is -0.394 e. The quantitative estimate of drug-likeness (QED) is 0.193. The van der Waals surface area contributed by atoms with Crippen molar-refractivity contribution < 1.29 is 24.1 Å². The van der Waals surface area contributed by atoms with Crippen LogP contribution in [-0.4, -0.2) is 93.5 Å². The largest absolute Gasteiger partial charge is 0.394 e. The van der Waals surface area contributed by atoms with Gasteiger partial charge in [-0.2, -0.15) is 0 Å². The van der Waals surface area contributed by atoms with Gasteiger partial charge in [0.1, 0.15) is 5.54 Å². The molecule has 4 aromatic rings. The number of hydrogen-bond acceptors (Lipinski definition) is 10. The molecule has 2 saturated heterocycles. The second-order valence-corrected chi connectivity index (χ2v) is 17.6. The van der Waals surface area contributed by atoms with Gasteiger partial charge in [-0.25, -0.2) is 0 Å². The molecule has 1 N–H and O–H groups in total. The fraction of sp³-hybridized carbons (Fsp3) is 0.524. The molecule has 2 aromatic carbocycles. The van der Waals surface area contributed by atoms with Gasteiger partial charge in [0.15, 0.2) is 12.6 Å². The van der Waals surface area contributed by atoms with Crippen molar-refractivity contribution in [2.45, 2.75) is 80.9 Å². The van der Waals surface area contributed by atoms with Gasteiger partial charge in [0.05, 0.1) is 17.8 Å². The standard InChI is InChI=1S/C42H53N3O5S2/c1-43(2)42(29-46,36-23-32-34(51-36)25-38(47-3)49-40(32)15-19-44(20-16-40)27-30-11-7-5-8-12-30)37-24-33-35(52-37)26-39(48-4)50-41(33)17-21-45(22-18-41)28-31-13-9-6-10-14-31/h5-14,23-24,38-39,46H,15-22,25-29H2,1-4H3. The molecule has 52 heavy (non-hydrogen) atoms. The zero-order valence-electron chi connectivity index (χ0n) is 31.0. The van der Waals surface area contributed by atoms with Gasteiger partial charge in [-0.15, -0.1) is 22.7 Å². The Morgan fingerprint density at radius 2 is 1.12 bits per heavy atom. The van der Waals surface area contributed by atoms with E-state index in [0.717, 1.165) is 74.7 Å². The number of hydrogen-bond donors (Lipinski definition) is 1. The van der Waals surface area contributed by atoms with E-state index in [0.29, 0.717) is 12.8 Å². The van der Waals surface area contributed by atoms with Crippen molar-refractivity contribution in [3.05, 3.63) is 115 Å². The Morgan fingerprint density at radius 1 is 0.712 bits per heavy atom. The maximum atomic E-state index is 11.6. The molecule has 6 heterocycles. The number of rotatable bonds is 10. The fourth-order valence-electron chi connectivity index (χ4n) is 9.08. The van der Waals surface area contributed by atoms with Gasteiger partial charge >= 0.3 is 0 Å². The summed E-state index contributed by atoms with van der Waals surface area (Å²) in [7, 11) is 7.72. The van der Waals surface area contributed by atoms with Crippen LogP contribution in [0.15, 0.2) is 72.8 Å². The number of aliphatic hydroxyl groups is 1. The lowest BCUT2D eigenvalue weighted by Gasteiger charge is -2.46. The van der Waals surface area contributed by atoms with Crippen LogP contribution < -0.4 is 0 Å². The normalized spacial score (nSPS) is 24.2. The third kappa shape index (κ3) is 6.63. The number of thiophene rings is 2. The third-order valence-corrected chi connectivity index (χ3v) is 14.8. The summed E-state index contributed by atoms with van der Waals surface area (Å²) in [5.41, 5.74) is 3.73. The lowest BCUT2D eigenvalue weighted by atomic mass is 9.80. The number of methoxy groups -OCH3 is 2. The Labute approximate surface area is 316 Å². The maximum Gasteiger partial charge on any atom is 0.163 e. The lowest BCUT2D eigenvalue weighted by Crippen LogP contribution is -2.48. The van der Waals surface area contributed by atoms with E-state index in [9.17, 15) is 5.11 Å². The molecule has 0 amide bonds. The van der Waals surface area contributed by atoms with Crippen LogP contribution >= 0.6 is 22.7 Å². The molecule has 0 saturated carbocycles. The zero-order valence-corrected chi connectivity index (χ0v) is 32.6. The first kappa shape index (κ1) is 36.5. The molecule has 0 radical (unpaired) electrons. The van der Waals surface area contributed by atoms with Crippen molar-refractivity contribution in [3.63, 3.8) is 0 Å². The summed E-state index contributed by atoms with van der Waals surface area (Å²) in [5, 5.41) is 11.6. The first-order valence-electron chi connectivity index (χ1n) is 18.8. The van der Waals surface area contributed by atoms with Crippen molar-refractivity contribution in [2.24, 2.45) is 0 Å². The predicted molar refractivity (Wildman–Crippen MR) is 207 cm³/mol. The molecule has 2 fully saturated rings. The van der Waals surface area contributed by atoms with Crippen LogP contribution in [-0.2, 0) is 61.6 Å². The summed E-state index contributed by atoms with van der Waals surface area (Å²) in [6.07, 6.45) is 4.49. The molecule has 0 bridgehead atoms. The Kier molecular flexibility index (Phi) is 10.5. The molecule has 2 aromatic heterocycles. The number of aliphatic hydroxyl groups excluding tert-OH is 1. The summed E-state index contributed by atoms with van der Waals surface area (Å²) in [5.74, 6) is 0. The fourth-order valence-corrected chi connectivity index (χ4v) is 12.2. The lowest BCUT2D eigenvalue weighted by molar-refractivity contribution is -0.226. The highest BCUT2D eigenvalue weighted by molar-refractivity contribution is 7.14. The van der Waals surface area contributed by atoms with E-state index in [4.69, 9.17) is 18.9 Å². The van der Waals surface area contributed by atoms with E-state index < -0.39 is 16.7 Å². The molecule has 2 unspecified atom stereocenters. The van der Waals surface area contributed by atoms with E-state index >= 15 is 0 Å². The number of ether oxygens (including phenoxy) is 4. The van der Waals surface area contributed by atoms with Gasteiger partial charge in [-0.3, -0.25) is 14.7 Å². The molecule has 0 aliphatic carbocycles. The minimum absolute atomic E-state index is 0.0301. The van der Waals surface area contributed by atoms with E-state index in [1.54, 1.807) is 14.2 Å². The first-order valence-corrected chi connectivity index (χ1v) is 20.4. The van der Waals surface area contributed by atoms with Crippen molar-refractivity contribution >= 4 is 22.7 Å². The summed E-state index contributed by atoms with van der Waals surface area (Å²) < 4.78 is 25.6. The van der Waals surface area contributed by atoms with Gasteiger partial charge in [0.25, 0.3) is 0 Å². The van der Waals surface area contributed by atoms with E-state index in [1.165, 1.54) is 32.0 Å². The molecule has 8 nitrogen and oxygen atoms in total. The maximum absolute atomic E-state index is 11.6. The van der Waals surface area contributed by atoms with Crippen LogP contribution in [0.1, 0.15) is 67.4 Å². The first-order chi connectivity index (χ1) is 25.3. The smallest absolute Gasteiger partial charge is 0.163 e. The van der Waals surface area contributed by atoms with Crippen LogP contribution in [0, 0.1) is 0 Å². The summed E-state index contributed by atoms with van der Waals surface area (Å²) >= 11 is 3.66. The number of nitrogens with zero attached hydrogens (tertiary/aromatic N) is 3. The van der Waals surface area contributed by atoms with Gasteiger partial charge < -0.3 is 24.1 Å². The molecular formula is C42H53N3O5S2. The van der Waals surface area contributed by atoms with Gasteiger partial charge in [0, 0.05) is 85.8 Å². The average Bonchev–Trinajstić information content (AvgIpc) is 3.81. The van der Waals surface area contributed by atoms with E-state index in [-0.39, 0.29) is 19.2 Å². The number of likely N-dealkylation sites (tertiary alicyclic amines) is 2. The van der Waals surface area contributed by atoms with Gasteiger partial charge in [0.2, 0.25) is 0 Å². The number of piperidine rings is 2. The highest BCUT2D eigenvalue weighted by atomic mass is 32.1. The average molecular weight is 744 g/mol. The third-order valence-electron chi connectivity index (χ3n) is 12.2. The van der Waals surface area contributed by atoms with E-state index in [1.807, 2.05) is 22.7 Å². The highest BCUT2D eigenvalue weighted by Crippen LogP contribution is 2.53. The second-order valence-electron chi connectivity index (χ2n) is 15.3. The Morgan fingerprint density at radius 3 is 1.46 bits per heavy atom. The monoisotopic (exact) mass is 743 g/mol. The zero-order chi connectivity index (χ0) is 35.9. The van der Waals surface area contributed by atoms with Crippen LogP contribution in [0.2, 0.25) is 0 Å². The van der Waals surface area contributed by atoms with Crippen molar-refractivity contribution in [1.29, 1.82) is 0 Å². The molecule has 10 heteroatoms. The Bertz CT molecular complexity index is 1670. The number of likely N-dealkylation sites (N-methyl/N-ethyl adjacent to an activating group) is 1. The molecular weight excluding hydrogens is 691 g/mol. The van der Waals surface area contributed by atoms with Crippen molar-refractivity contribution in [3.8, 4) is 0 Å². The predicted octanol–water partition coefficient (Wildman–Crippen LogP) is 6.68. The molecule has 2 atom stereocenters. The Hall–Kier alpha value is -2.48. The van der Waals surface area contributed by atoms with Crippen LogP contribution in [0.4, 0.5) is 0 Å². The molecule has 4 aliphatic heterocycles. The number of fused-ring (bicyclic) bond motifs is 4. The van der Waals surface area contributed by atoms with E-state index in [2.05, 4.69) is 102 Å². The SMILES string of the molecule is COC1Cc2sc(C(CO)(c3cc4c(s3)CC(OC)OC43CCN(Cc4ccccc4)CC3)N(C)C)cc2C2(CCN(Cc3ccccc3)CC2)O1. The van der Waals surface area contributed by atoms with Crippen molar-refractivity contribution in [2.75, 3.05) is 61.1 Å². The summed E-state index contributed by atoms with van der Waals surface area (Å²) in [6, 6.07) is 26.2. The number of benzene rings is 2. The van der Waals surface area contributed by atoms with Crippen LogP contribution in [0.3, 0.4) is 0 Å². The van der Waals surface area contributed by atoms with Gasteiger partial charge in [-0.05, 0) is 74.2 Å². The molecule has 278 valence electrons. The van der Waals surface area contributed by atoms with Crippen molar-refractivity contribution in [1.82, 2.24) is 14.7 Å². The molecule has 4 aliphatic rings. The van der Waals surface area contributed by atoms with Crippen LogP contribution in [0.5, 0.6) is 0 Å². The van der Waals surface area contributed by atoms with Gasteiger partial charge in [-0.1, -0.05) is 60.7 Å². The highest BCUT2D eigenvalue weighted by Gasteiger charge is 2.50.